The van der Waals surface area contributed by atoms with E-state index in [1.807, 2.05) is 12.1 Å². The van der Waals surface area contributed by atoms with Gasteiger partial charge in [-0.25, -0.2) is 0 Å². The number of aliphatic carboxylic acids is 1. The van der Waals surface area contributed by atoms with Crippen LogP contribution in [0.1, 0.15) is 31.2 Å². The second-order valence-electron chi connectivity index (χ2n) is 7.80. The number of hydrogen-bond acceptors (Lipinski definition) is 5. The summed E-state index contributed by atoms with van der Waals surface area (Å²) in [6, 6.07) is 9.26. The molecule has 138 valence electrons. The lowest BCUT2D eigenvalue weighted by Gasteiger charge is -2.48. The maximum atomic E-state index is 11.3. The number of fused-ring (bicyclic) bond motifs is 1. The molecule has 1 aromatic rings. The first-order valence-electron chi connectivity index (χ1n) is 9.31. The summed E-state index contributed by atoms with van der Waals surface area (Å²) in [6.07, 6.45) is 3.50. The van der Waals surface area contributed by atoms with E-state index in [1.165, 1.54) is 0 Å². The molecule has 0 unspecified atom stereocenters. The van der Waals surface area contributed by atoms with Crippen LogP contribution in [0, 0.1) is 23.2 Å². The monoisotopic (exact) mass is 356 g/mol. The molecule has 6 heteroatoms. The minimum atomic E-state index is -0.705. The molecule has 0 aromatic heterocycles. The molecular weight excluding hydrogens is 332 g/mol. The van der Waals surface area contributed by atoms with Gasteiger partial charge in [-0.2, -0.15) is 5.26 Å². The van der Waals surface area contributed by atoms with E-state index >= 15 is 0 Å². The van der Waals surface area contributed by atoms with Crippen molar-refractivity contribution in [3.8, 4) is 11.8 Å². The summed E-state index contributed by atoms with van der Waals surface area (Å²) in [5, 5.41) is 18.1. The molecule has 4 rings (SSSR count). The first-order valence-corrected chi connectivity index (χ1v) is 9.31. The Balaban J connectivity index is 1.36. The van der Waals surface area contributed by atoms with Gasteiger partial charge in [0.2, 0.25) is 0 Å². The number of likely N-dealkylation sites (tertiary alicyclic amines) is 1. The Bertz CT molecular complexity index is 708. The largest absolute Gasteiger partial charge is 0.493 e. The third kappa shape index (κ3) is 3.17. The molecule has 0 bridgehead atoms. The topological polar surface area (TPSA) is 82.8 Å². The number of carboxylic acids is 1. The summed E-state index contributed by atoms with van der Waals surface area (Å²) in [5.74, 6) is 0.786. The summed E-state index contributed by atoms with van der Waals surface area (Å²) >= 11 is 0. The highest BCUT2D eigenvalue weighted by molar-refractivity contribution is 5.68. The SMILES string of the molecule is N#Cc1ccc(OC[C@@H]2CO[C@@H]3CN(C4(CC(=O)O)CCC4)C[C@H]23)cc1. The lowest BCUT2D eigenvalue weighted by Crippen LogP contribution is -2.54. The molecule has 3 aliphatic rings. The number of carbonyl (C=O) groups is 1. The number of ether oxygens (including phenoxy) is 2. The van der Waals surface area contributed by atoms with Gasteiger partial charge in [-0.1, -0.05) is 0 Å². The quantitative estimate of drug-likeness (QED) is 0.842. The maximum Gasteiger partial charge on any atom is 0.305 e. The van der Waals surface area contributed by atoms with Crippen LogP contribution in [0.3, 0.4) is 0 Å². The average molecular weight is 356 g/mol. The van der Waals surface area contributed by atoms with Crippen LogP contribution in [0.15, 0.2) is 24.3 Å². The Morgan fingerprint density at radius 1 is 1.35 bits per heavy atom. The van der Waals surface area contributed by atoms with Crippen molar-refractivity contribution in [2.45, 2.75) is 37.3 Å². The number of nitriles is 1. The second kappa shape index (κ2) is 6.90. The third-order valence-corrected chi connectivity index (χ3v) is 6.32. The van der Waals surface area contributed by atoms with Gasteiger partial charge in [-0.05, 0) is 43.5 Å². The summed E-state index contributed by atoms with van der Waals surface area (Å²) in [4.78, 5) is 13.7. The van der Waals surface area contributed by atoms with E-state index in [-0.39, 0.29) is 18.1 Å². The standard InChI is InChI=1S/C20H24N2O4/c21-9-14-2-4-16(5-3-14)25-12-15-13-26-18-11-22(10-17(15)18)20(6-1-7-20)8-19(23)24/h2-5,15,17-18H,1,6-8,10-13H2,(H,23,24)/t15-,17-,18-/m1/s1. The smallest absolute Gasteiger partial charge is 0.305 e. The molecule has 2 aliphatic heterocycles. The van der Waals surface area contributed by atoms with E-state index in [0.29, 0.717) is 30.6 Å². The van der Waals surface area contributed by atoms with Crippen molar-refractivity contribution in [2.75, 3.05) is 26.3 Å². The number of nitrogens with zero attached hydrogens (tertiary/aromatic N) is 2. The van der Waals surface area contributed by atoms with Crippen molar-refractivity contribution in [2.24, 2.45) is 11.8 Å². The minimum Gasteiger partial charge on any atom is -0.493 e. The van der Waals surface area contributed by atoms with Gasteiger partial charge >= 0.3 is 5.97 Å². The summed E-state index contributed by atoms with van der Waals surface area (Å²) in [7, 11) is 0. The number of benzene rings is 1. The van der Waals surface area contributed by atoms with Crippen LogP contribution < -0.4 is 4.74 Å². The van der Waals surface area contributed by atoms with Crippen LogP contribution in [-0.4, -0.2) is 53.9 Å². The molecule has 3 fully saturated rings. The molecule has 1 N–H and O–H groups in total. The van der Waals surface area contributed by atoms with Gasteiger partial charge in [-0.3, -0.25) is 9.69 Å². The van der Waals surface area contributed by atoms with Crippen molar-refractivity contribution in [1.82, 2.24) is 4.90 Å². The lowest BCUT2D eigenvalue weighted by atomic mass is 9.73. The molecule has 0 radical (unpaired) electrons. The fourth-order valence-corrected chi connectivity index (χ4v) is 4.66. The summed E-state index contributed by atoms with van der Waals surface area (Å²) in [5.41, 5.74) is 0.468. The van der Waals surface area contributed by atoms with Gasteiger partial charge in [0.05, 0.1) is 37.4 Å². The Kier molecular flexibility index (Phi) is 4.60. The second-order valence-corrected chi connectivity index (χ2v) is 7.80. The van der Waals surface area contributed by atoms with Crippen molar-refractivity contribution < 1.29 is 19.4 Å². The number of rotatable bonds is 6. The normalized spacial score (nSPS) is 29.6. The fraction of sp³-hybridized carbons (Fsp3) is 0.600. The Morgan fingerprint density at radius 2 is 2.12 bits per heavy atom. The van der Waals surface area contributed by atoms with Crippen molar-refractivity contribution in [3.05, 3.63) is 29.8 Å². The predicted molar refractivity (Wildman–Crippen MR) is 93.8 cm³/mol. The van der Waals surface area contributed by atoms with Gasteiger partial charge in [0, 0.05) is 30.5 Å². The zero-order valence-corrected chi connectivity index (χ0v) is 14.8. The van der Waals surface area contributed by atoms with Crippen molar-refractivity contribution >= 4 is 5.97 Å². The molecule has 0 spiro atoms. The van der Waals surface area contributed by atoms with E-state index in [0.717, 1.165) is 38.1 Å². The van der Waals surface area contributed by atoms with E-state index in [2.05, 4.69) is 11.0 Å². The highest BCUT2D eigenvalue weighted by Gasteiger charge is 2.52. The fourth-order valence-electron chi connectivity index (χ4n) is 4.66. The molecule has 1 saturated carbocycles. The van der Waals surface area contributed by atoms with Crippen LogP contribution in [0.4, 0.5) is 0 Å². The van der Waals surface area contributed by atoms with Crippen LogP contribution >= 0.6 is 0 Å². The van der Waals surface area contributed by atoms with Crippen LogP contribution in [0.25, 0.3) is 0 Å². The van der Waals surface area contributed by atoms with Crippen LogP contribution in [0.2, 0.25) is 0 Å². The molecule has 26 heavy (non-hydrogen) atoms. The minimum absolute atomic E-state index is 0.155. The van der Waals surface area contributed by atoms with Crippen molar-refractivity contribution in [1.29, 1.82) is 5.26 Å². The Morgan fingerprint density at radius 3 is 2.73 bits per heavy atom. The third-order valence-electron chi connectivity index (χ3n) is 6.32. The Hall–Kier alpha value is -2.10. The first-order chi connectivity index (χ1) is 12.6. The van der Waals surface area contributed by atoms with Gasteiger partial charge in [0.1, 0.15) is 5.75 Å². The van der Waals surface area contributed by atoms with E-state index in [1.54, 1.807) is 12.1 Å². The van der Waals surface area contributed by atoms with E-state index in [4.69, 9.17) is 14.7 Å². The van der Waals surface area contributed by atoms with Gasteiger partial charge in [0.15, 0.2) is 0 Å². The number of hydrogen-bond donors (Lipinski definition) is 1. The molecule has 3 atom stereocenters. The Labute approximate surface area is 153 Å². The average Bonchev–Trinajstić information content (AvgIpc) is 3.18. The zero-order chi connectivity index (χ0) is 18.1. The summed E-state index contributed by atoms with van der Waals surface area (Å²) in [6.45, 7) is 3.03. The van der Waals surface area contributed by atoms with Gasteiger partial charge < -0.3 is 14.6 Å². The molecule has 2 saturated heterocycles. The van der Waals surface area contributed by atoms with Gasteiger partial charge in [-0.15, -0.1) is 0 Å². The molecular formula is C20H24N2O4. The van der Waals surface area contributed by atoms with E-state index < -0.39 is 5.97 Å². The first kappa shape index (κ1) is 17.3. The molecule has 2 heterocycles. The highest BCUT2D eigenvalue weighted by atomic mass is 16.5. The van der Waals surface area contributed by atoms with Crippen molar-refractivity contribution in [3.63, 3.8) is 0 Å². The highest BCUT2D eigenvalue weighted by Crippen LogP contribution is 2.46. The van der Waals surface area contributed by atoms with E-state index in [9.17, 15) is 9.90 Å². The maximum absolute atomic E-state index is 11.3. The van der Waals surface area contributed by atoms with Crippen LogP contribution in [0.5, 0.6) is 5.75 Å². The molecule has 0 amide bonds. The predicted octanol–water partition coefficient (Wildman–Crippen LogP) is 2.28. The molecule has 1 aliphatic carbocycles. The summed E-state index contributed by atoms with van der Waals surface area (Å²) < 4.78 is 11.9. The zero-order valence-electron chi connectivity index (χ0n) is 14.8. The van der Waals surface area contributed by atoms with Gasteiger partial charge in [0.25, 0.3) is 0 Å². The number of carboxylic acid groups (broad SMARTS) is 1. The molecule has 1 aromatic carbocycles. The van der Waals surface area contributed by atoms with Crippen LogP contribution in [-0.2, 0) is 9.53 Å². The molecule has 6 nitrogen and oxygen atoms in total. The lowest BCUT2D eigenvalue weighted by molar-refractivity contribution is -0.142.